The average Bonchev–Trinajstić information content (AvgIpc) is 2.68. The highest BCUT2D eigenvalue weighted by atomic mass is 19.1. The third kappa shape index (κ3) is 3.51. The molecule has 2 N–H and O–H groups in total. The molecule has 2 aromatic carbocycles. The number of aromatic nitrogens is 2. The Morgan fingerprint density at radius 1 is 0.857 bits per heavy atom. The molecule has 28 heavy (non-hydrogen) atoms. The monoisotopic (exact) mass is 373 g/mol. The molecule has 4 rings (SSSR count). The number of hydrogen-bond donors (Lipinski definition) is 2. The summed E-state index contributed by atoms with van der Waals surface area (Å²) in [6.07, 6.45) is 0. The van der Waals surface area contributed by atoms with E-state index in [1.54, 1.807) is 12.1 Å². The number of phenols is 1. The van der Waals surface area contributed by atoms with Crippen LogP contribution in [0, 0.1) is 19.7 Å². The molecule has 0 spiro atoms. The number of nitrogens with one attached hydrogen (secondary N) is 1. The summed E-state index contributed by atoms with van der Waals surface area (Å²) in [5.41, 5.74) is 3.71. The summed E-state index contributed by atoms with van der Waals surface area (Å²) in [7, 11) is 0. The molecule has 140 valence electrons. The minimum absolute atomic E-state index is 0.107. The van der Waals surface area contributed by atoms with Crippen LogP contribution in [0.2, 0.25) is 0 Å². The van der Waals surface area contributed by atoms with Gasteiger partial charge in [0.25, 0.3) is 0 Å². The molecule has 0 aliphatic carbocycles. The first-order valence-electron chi connectivity index (χ1n) is 9.06. The highest BCUT2D eigenvalue weighted by Crippen LogP contribution is 2.36. The molecule has 2 heterocycles. The largest absolute Gasteiger partial charge is 0.505 e. The summed E-state index contributed by atoms with van der Waals surface area (Å²) >= 11 is 0. The molecule has 2 aromatic heterocycles. The maximum atomic E-state index is 13.5. The summed E-state index contributed by atoms with van der Waals surface area (Å²) in [5.74, 6) is 0.470. The number of benzene rings is 2. The maximum Gasteiger partial charge on any atom is 0.147 e. The van der Waals surface area contributed by atoms with Gasteiger partial charge in [0.1, 0.15) is 22.9 Å². The molecule has 0 bridgehead atoms. The van der Waals surface area contributed by atoms with Crippen LogP contribution in [0.4, 0.5) is 10.2 Å². The second-order valence-corrected chi connectivity index (χ2v) is 6.82. The fourth-order valence-electron chi connectivity index (χ4n) is 3.29. The molecular weight excluding hydrogens is 353 g/mol. The lowest BCUT2D eigenvalue weighted by Gasteiger charge is -2.22. The van der Waals surface area contributed by atoms with Crippen molar-refractivity contribution in [3.05, 3.63) is 95.1 Å². The van der Waals surface area contributed by atoms with Crippen LogP contribution >= 0.6 is 0 Å². The van der Waals surface area contributed by atoms with Gasteiger partial charge in [-0.2, -0.15) is 0 Å². The van der Waals surface area contributed by atoms with Crippen molar-refractivity contribution in [3.63, 3.8) is 0 Å². The predicted molar refractivity (Wildman–Crippen MR) is 109 cm³/mol. The molecule has 0 amide bonds. The van der Waals surface area contributed by atoms with Crippen LogP contribution in [0.15, 0.2) is 66.7 Å². The van der Waals surface area contributed by atoms with Gasteiger partial charge in [0.05, 0.1) is 6.04 Å². The molecule has 4 aromatic rings. The van der Waals surface area contributed by atoms with Crippen molar-refractivity contribution in [2.24, 2.45) is 0 Å². The van der Waals surface area contributed by atoms with Gasteiger partial charge in [-0.25, -0.2) is 14.4 Å². The van der Waals surface area contributed by atoms with Crippen LogP contribution in [-0.2, 0) is 0 Å². The normalized spacial score (nSPS) is 12.1. The van der Waals surface area contributed by atoms with E-state index in [0.29, 0.717) is 16.9 Å². The number of aryl methyl sites for hydroxylation is 2. The number of halogens is 1. The molecule has 4 nitrogen and oxygen atoms in total. The number of rotatable bonds is 4. The second-order valence-electron chi connectivity index (χ2n) is 6.82. The van der Waals surface area contributed by atoms with Gasteiger partial charge in [-0.05, 0) is 49.7 Å². The van der Waals surface area contributed by atoms with Crippen molar-refractivity contribution < 1.29 is 9.50 Å². The van der Waals surface area contributed by atoms with E-state index in [4.69, 9.17) is 0 Å². The molecule has 0 saturated heterocycles. The molecule has 5 heteroatoms. The number of hydrogen-bond acceptors (Lipinski definition) is 4. The predicted octanol–water partition coefficient (Wildman–Crippen LogP) is 5.29. The molecule has 0 fully saturated rings. The van der Waals surface area contributed by atoms with E-state index in [9.17, 15) is 9.50 Å². The van der Waals surface area contributed by atoms with Gasteiger partial charge in [0.2, 0.25) is 0 Å². The lowest BCUT2D eigenvalue weighted by molar-refractivity contribution is 0.471. The second kappa shape index (κ2) is 7.27. The third-order valence-electron chi connectivity index (χ3n) is 4.70. The van der Waals surface area contributed by atoms with E-state index in [0.717, 1.165) is 22.3 Å². The number of aromatic hydroxyl groups is 1. The van der Waals surface area contributed by atoms with Crippen molar-refractivity contribution in [1.29, 1.82) is 0 Å². The lowest BCUT2D eigenvalue weighted by atomic mass is 9.96. The number of fused-ring (bicyclic) bond motifs is 1. The number of pyridine rings is 2. The summed E-state index contributed by atoms with van der Waals surface area (Å²) in [5, 5.41) is 15.2. The molecular formula is C23H20FN3O. The van der Waals surface area contributed by atoms with E-state index in [2.05, 4.69) is 15.3 Å². The maximum absolute atomic E-state index is 13.5. The zero-order valence-electron chi connectivity index (χ0n) is 15.6. The Hall–Kier alpha value is -3.47. The Morgan fingerprint density at radius 2 is 1.57 bits per heavy atom. The lowest BCUT2D eigenvalue weighted by Crippen LogP contribution is -2.14. The molecule has 0 aliphatic rings. The Labute approximate surface area is 162 Å². The van der Waals surface area contributed by atoms with Gasteiger partial charge in [-0.15, -0.1) is 0 Å². The van der Waals surface area contributed by atoms with Crippen LogP contribution in [0.1, 0.15) is 28.6 Å². The van der Waals surface area contributed by atoms with Crippen molar-refractivity contribution in [2.45, 2.75) is 19.9 Å². The van der Waals surface area contributed by atoms with Crippen LogP contribution in [0.25, 0.3) is 10.9 Å². The summed E-state index contributed by atoms with van der Waals surface area (Å²) in [6.45, 7) is 3.80. The Balaban J connectivity index is 1.86. The summed E-state index contributed by atoms with van der Waals surface area (Å²) in [4.78, 5) is 9.00. The van der Waals surface area contributed by atoms with Crippen LogP contribution in [0.5, 0.6) is 5.75 Å². The van der Waals surface area contributed by atoms with Gasteiger partial charge in [0, 0.05) is 22.3 Å². The topological polar surface area (TPSA) is 58.0 Å². The quantitative estimate of drug-likeness (QED) is 0.510. The van der Waals surface area contributed by atoms with Gasteiger partial charge in [-0.3, -0.25) is 0 Å². The van der Waals surface area contributed by atoms with Crippen molar-refractivity contribution in [2.75, 3.05) is 5.32 Å². The zero-order valence-corrected chi connectivity index (χ0v) is 15.6. The molecule has 0 unspecified atom stereocenters. The molecule has 1 atom stereocenters. The average molecular weight is 373 g/mol. The smallest absolute Gasteiger partial charge is 0.147 e. The Bertz CT molecular complexity index is 1140. The number of nitrogens with zero attached hydrogens (tertiary/aromatic N) is 2. The zero-order chi connectivity index (χ0) is 19.7. The molecule has 0 radical (unpaired) electrons. The van der Waals surface area contributed by atoms with Crippen LogP contribution < -0.4 is 5.32 Å². The molecule has 0 saturated carbocycles. The standard InChI is InChI=1S/C23H20FN3O/c1-14-4-3-5-20(25-14)27-21(16-8-11-18(24)12-9-16)19-13-10-17-7-6-15(2)26-22(17)23(19)28/h3-13,21,28H,1-2H3,(H,25,27)/t21-/m0/s1. The Morgan fingerprint density at radius 3 is 2.32 bits per heavy atom. The van der Waals surface area contributed by atoms with E-state index in [-0.39, 0.29) is 11.6 Å². The van der Waals surface area contributed by atoms with Crippen molar-refractivity contribution >= 4 is 16.7 Å². The van der Waals surface area contributed by atoms with E-state index >= 15 is 0 Å². The summed E-state index contributed by atoms with van der Waals surface area (Å²) < 4.78 is 13.5. The van der Waals surface area contributed by atoms with Crippen molar-refractivity contribution in [3.8, 4) is 5.75 Å². The van der Waals surface area contributed by atoms with Gasteiger partial charge in [0.15, 0.2) is 0 Å². The first-order valence-corrected chi connectivity index (χ1v) is 9.06. The SMILES string of the molecule is Cc1cccc(N[C@@H](c2ccc(F)cc2)c2ccc3ccc(C)nc3c2O)n1. The van der Waals surface area contributed by atoms with Crippen LogP contribution in [0.3, 0.4) is 0 Å². The van der Waals surface area contributed by atoms with Crippen LogP contribution in [-0.4, -0.2) is 15.1 Å². The number of phenolic OH excluding ortho intramolecular Hbond substituents is 1. The molecule has 0 aliphatic heterocycles. The fraction of sp³-hybridized carbons (Fsp3) is 0.130. The van der Waals surface area contributed by atoms with Gasteiger partial charge >= 0.3 is 0 Å². The van der Waals surface area contributed by atoms with Gasteiger partial charge in [-0.1, -0.05) is 36.4 Å². The Kier molecular flexibility index (Phi) is 4.65. The van der Waals surface area contributed by atoms with E-state index < -0.39 is 6.04 Å². The first-order chi connectivity index (χ1) is 13.5. The van der Waals surface area contributed by atoms with Gasteiger partial charge < -0.3 is 10.4 Å². The first kappa shape index (κ1) is 17.9. The summed E-state index contributed by atoms with van der Waals surface area (Å²) in [6, 6.07) is 19.2. The highest BCUT2D eigenvalue weighted by Gasteiger charge is 2.20. The minimum Gasteiger partial charge on any atom is -0.505 e. The van der Waals surface area contributed by atoms with E-state index in [1.807, 2.05) is 56.3 Å². The third-order valence-corrected chi connectivity index (χ3v) is 4.70. The fourth-order valence-corrected chi connectivity index (χ4v) is 3.29. The highest BCUT2D eigenvalue weighted by molar-refractivity contribution is 5.86. The minimum atomic E-state index is -0.415. The van der Waals surface area contributed by atoms with E-state index in [1.165, 1.54) is 12.1 Å². The van der Waals surface area contributed by atoms with Crippen molar-refractivity contribution in [1.82, 2.24) is 9.97 Å². The number of anilines is 1.